The van der Waals surface area contributed by atoms with Gasteiger partial charge in [0.15, 0.2) is 0 Å². The molecule has 0 spiro atoms. The van der Waals surface area contributed by atoms with E-state index in [1.165, 1.54) is 25.0 Å². The van der Waals surface area contributed by atoms with Crippen LogP contribution in [0.5, 0.6) is 0 Å². The van der Waals surface area contributed by atoms with Gasteiger partial charge in [0.1, 0.15) is 11.6 Å². The smallest absolute Gasteiger partial charge is 0.129 e. The first-order valence-electron chi connectivity index (χ1n) is 6.40. The maximum atomic E-state index is 13.3. The minimum absolute atomic E-state index is 0.210. The lowest BCUT2D eigenvalue weighted by Gasteiger charge is -2.24. The Balaban J connectivity index is 2.27. The maximum Gasteiger partial charge on any atom is 0.129 e. The lowest BCUT2D eigenvalue weighted by Crippen LogP contribution is -2.36. The first-order chi connectivity index (χ1) is 8.53. The van der Waals surface area contributed by atoms with E-state index < -0.39 is 0 Å². The summed E-state index contributed by atoms with van der Waals surface area (Å²) in [6.45, 7) is 4.20. The number of aromatic nitrogens is 2. The number of hydrogen-bond acceptors (Lipinski definition) is 2. The number of nitrogens with one attached hydrogen (secondary N) is 1. The molecule has 0 amide bonds. The maximum absolute atomic E-state index is 13.3. The van der Waals surface area contributed by atoms with Gasteiger partial charge in [0.2, 0.25) is 0 Å². The minimum atomic E-state index is -0.225. The Morgan fingerprint density at radius 2 is 2.11 bits per heavy atom. The third-order valence-corrected chi connectivity index (χ3v) is 3.75. The van der Waals surface area contributed by atoms with Crippen LogP contribution in [0.1, 0.15) is 38.6 Å². The van der Waals surface area contributed by atoms with Crippen molar-refractivity contribution in [3.8, 4) is 0 Å². The monoisotopic (exact) mass is 247 g/mol. The fraction of sp³-hybridized carbons (Fsp3) is 0.500. The summed E-state index contributed by atoms with van der Waals surface area (Å²) in [6.07, 6.45) is 2.38. The Hall–Kier alpha value is -1.42. The van der Waals surface area contributed by atoms with Crippen molar-refractivity contribution in [2.24, 2.45) is 0 Å². The molecule has 0 aliphatic heterocycles. The number of imidazole rings is 1. The van der Waals surface area contributed by atoms with Crippen LogP contribution in [0.15, 0.2) is 18.2 Å². The lowest BCUT2D eigenvalue weighted by atomic mass is 10.1. The van der Waals surface area contributed by atoms with Crippen LogP contribution in [0.25, 0.3) is 11.0 Å². The van der Waals surface area contributed by atoms with Crippen LogP contribution in [0.2, 0.25) is 0 Å². The van der Waals surface area contributed by atoms with E-state index in [0.717, 1.165) is 16.9 Å². The largest absolute Gasteiger partial charge is 0.323 e. The Morgan fingerprint density at radius 3 is 2.72 bits per heavy atom. The van der Waals surface area contributed by atoms with Crippen molar-refractivity contribution in [2.45, 2.75) is 38.3 Å². The van der Waals surface area contributed by atoms with E-state index in [1.807, 2.05) is 13.1 Å². The standard InChI is InChI=1S/C14H18FN3/c1-14(2,16-3)13-17-11-8-9(15)4-7-12(11)18(13)10-5-6-10/h4,7-8,10,16H,5-6H2,1-3H3. The number of halogens is 1. The van der Waals surface area contributed by atoms with Crippen LogP contribution in [0.3, 0.4) is 0 Å². The van der Waals surface area contributed by atoms with E-state index in [0.29, 0.717) is 6.04 Å². The van der Waals surface area contributed by atoms with E-state index in [-0.39, 0.29) is 11.4 Å². The predicted octanol–water partition coefficient (Wildman–Crippen LogP) is 2.96. The summed E-state index contributed by atoms with van der Waals surface area (Å²) in [7, 11) is 1.93. The fourth-order valence-electron chi connectivity index (χ4n) is 2.33. The molecule has 0 atom stereocenters. The first-order valence-corrected chi connectivity index (χ1v) is 6.40. The number of hydrogen-bond donors (Lipinski definition) is 1. The molecule has 0 radical (unpaired) electrons. The van der Waals surface area contributed by atoms with Gasteiger partial charge in [0, 0.05) is 12.1 Å². The zero-order chi connectivity index (χ0) is 12.9. The summed E-state index contributed by atoms with van der Waals surface area (Å²) in [6, 6.07) is 5.40. The van der Waals surface area contributed by atoms with Gasteiger partial charge >= 0.3 is 0 Å². The van der Waals surface area contributed by atoms with Gasteiger partial charge < -0.3 is 9.88 Å². The van der Waals surface area contributed by atoms with E-state index >= 15 is 0 Å². The quantitative estimate of drug-likeness (QED) is 0.903. The molecule has 0 saturated heterocycles. The Morgan fingerprint density at radius 1 is 1.39 bits per heavy atom. The van der Waals surface area contributed by atoms with Crippen LogP contribution >= 0.6 is 0 Å². The van der Waals surface area contributed by atoms with Crippen LogP contribution in [-0.4, -0.2) is 16.6 Å². The molecule has 0 bridgehead atoms. The molecule has 18 heavy (non-hydrogen) atoms. The molecule has 1 aromatic heterocycles. The molecule has 3 nitrogen and oxygen atoms in total. The summed E-state index contributed by atoms with van der Waals surface area (Å²) >= 11 is 0. The average molecular weight is 247 g/mol. The van der Waals surface area contributed by atoms with Crippen molar-refractivity contribution < 1.29 is 4.39 Å². The predicted molar refractivity (Wildman–Crippen MR) is 70.0 cm³/mol. The van der Waals surface area contributed by atoms with Gasteiger partial charge in [-0.1, -0.05) is 0 Å². The minimum Gasteiger partial charge on any atom is -0.323 e. The molecule has 1 aromatic carbocycles. The number of nitrogens with zero attached hydrogens (tertiary/aromatic N) is 2. The second kappa shape index (κ2) is 3.79. The van der Waals surface area contributed by atoms with Crippen molar-refractivity contribution in [2.75, 3.05) is 7.05 Å². The lowest BCUT2D eigenvalue weighted by molar-refractivity contribution is 0.398. The van der Waals surface area contributed by atoms with E-state index in [2.05, 4.69) is 28.7 Å². The zero-order valence-electron chi connectivity index (χ0n) is 11.0. The average Bonchev–Trinajstić information content (AvgIpc) is 3.09. The van der Waals surface area contributed by atoms with Crippen molar-refractivity contribution in [1.82, 2.24) is 14.9 Å². The van der Waals surface area contributed by atoms with Gasteiger partial charge in [-0.15, -0.1) is 0 Å². The van der Waals surface area contributed by atoms with E-state index in [1.54, 1.807) is 0 Å². The highest BCUT2D eigenvalue weighted by atomic mass is 19.1. The molecule has 4 heteroatoms. The molecule has 1 aliphatic carbocycles. The van der Waals surface area contributed by atoms with Crippen molar-refractivity contribution in [1.29, 1.82) is 0 Å². The van der Waals surface area contributed by atoms with Crippen molar-refractivity contribution >= 4 is 11.0 Å². The summed E-state index contributed by atoms with van der Waals surface area (Å²) in [4.78, 5) is 4.64. The molecule has 1 saturated carbocycles. The van der Waals surface area contributed by atoms with Crippen LogP contribution in [-0.2, 0) is 5.54 Å². The van der Waals surface area contributed by atoms with Gasteiger partial charge in [-0.3, -0.25) is 0 Å². The number of benzene rings is 1. The van der Waals surface area contributed by atoms with Crippen LogP contribution in [0, 0.1) is 5.82 Å². The normalized spacial score (nSPS) is 16.4. The third-order valence-electron chi connectivity index (χ3n) is 3.75. The molecule has 1 aliphatic rings. The second-order valence-corrected chi connectivity index (χ2v) is 5.54. The molecular formula is C14H18FN3. The van der Waals surface area contributed by atoms with Gasteiger partial charge in [-0.25, -0.2) is 9.37 Å². The highest BCUT2D eigenvalue weighted by Gasteiger charge is 2.33. The molecule has 2 aromatic rings. The Labute approximate surface area is 106 Å². The third kappa shape index (κ3) is 1.72. The molecule has 1 N–H and O–H groups in total. The highest BCUT2D eigenvalue weighted by Crippen LogP contribution is 2.40. The fourth-order valence-corrected chi connectivity index (χ4v) is 2.33. The highest BCUT2D eigenvalue weighted by molar-refractivity contribution is 5.76. The SMILES string of the molecule is CNC(C)(C)c1nc2cc(F)ccc2n1C1CC1. The summed E-state index contributed by atoms with van der Waals surface area (Å²) in [5.74, 6) is 0.768. The van der Waals surface area contributed by atoms with E-state index in [9.17, 15) is 4.39 Å². The molecule has 0 unspecified atom stereocenters. The molecule has 1 heterocycles. The van der Waals surface area contributed by atoms with Gasteiger partial charge in [0.05, 0.1) is 16.6 Å². The van der Waals surface area contributed by atoms with Crippen LogP contribution in [0.4, 0.5) is 4.39 Å². The summed E-state index contributed by atoms with van der Waals surface area (Å²) < 4.78 is 15.6. The van der Waals surface area contributed by atoms with Crippen molar-refractivity contribution in [3.05, 3.63) is 29.8 Å². The zero-order valence-corrected chi connectivity index (χ0v) is 11.0. The summed E-state index contributed by atoms with van der Waals surface area (Å²) in [5, 5.41) is 3.28. The Kier molecular flexibility index (Phi) is 2.45. The molecule has 96 valence electrons. The summed E-state index contributed by atoms with van der Waals surface area (Å²) in [5.41, 5.74) is 1.58. The molecular weight excluding hydrogens is 229 g/mol. The molecule has 3 rings (SSSR count). The number of rotatable bonds is 3. The first kappa shape index (κ1) is 11.7. The van der Waals surface area contributed by atoms with Crippen LogP contribution < -0.4 is 5.32 Å². The topological polar surface area (TPSA) is 29.9 Å². The van der Waals surface area contributed by atoms with Gasteiger partial charge in [0.25, 0.3) is 0 Å². The number of fused-ring (bicyclic) bond motifs is 1. The van der Waals surface area contributed by atoms with Gasteiger partial charge in [-0.05, 0) is 45.9 Å². The Bertz CT molecular complexity index is 596. The van der Waals surface area contributed by atoms with Gasteiger partial charge in [-0.2, -0.15) is 0 Å². The second-order valence-electron chi connectivity index (χ2n) is 5.54. The van der Waals surface area contributed by atoms with E-state index in [4.69, 9.17) is 0 Å². The van der Waals surface area contributed by atoms with Crippen molar-refractivity contribution in [3.63, 3.8) is 0 Å². The molecule has 1 fully saturated rings.